The number of aryl methyl sites for hydroxylation is 1. The van der Waals surface area contributed by atoms with Crippen LogP contribution in [0.5, 0.6) is 0 Å². The molecule has 6 nitrogen and oxygen atoms in total. The van der Waals surface area contributed by atoms with Crippen molar-refractivity contribution < 1.29 is 14.7 Å². The topological polar surface area (TPSA) is 82.5 Å². The Labute approximate surface area is 106 Å². The first-order valence-corrected chi connectivity index (χ1v) is 5.68. The molecule has 98 valence electrons. The zero-order valence-electron chi connectivity index (χ0n) is 10.5. The minimum absolute atomic E-state index is 0.294. The van der Waals surface area contributed by atoms with Crippen LogP contribution in [0.15, 0.2) is 18.5 Å². The molecule has 0 aliphatic heterocycles. The average Bonchev–Trinajstić information content (AvgIpc) is 2.34. The van der Waals surface area contributed by atoms with Gasteiger partial charge in [-0.25, -0.2) is 4.79 Å². The Morgan fingerprint density at radius 3 is 2.78 bits per heavy atom. The normalized spacial score (nSPS) is 9.89. The van der Waals surface area contributed by atoms with Gasteiger partial charge >= 0.3 is 12.0 Å². The number of amides is 2. The number of carboxylic acids is 1. The summed E-state index contributed by atoms with van der Waals surface area (Å²) >= 11 is 0. The summed E-state index contributed by atoms with van der Waals surface area (Å²) in [5.41, 5.74) is 1.95. The molecule has 0 aliphatic rings. The van der Waals surface area contributed by atoms with E-state index >= 15 is 0 Å². The fraction of sp³-hybridized carbons (Fsp3) is 0.417. The van der Waals surface area contributed by atoms with Gasteiger partial charge in [0.05, 0.1) is 0 Å². The molecule has 1 aromatic rings. The van der Waals surface area contributed by atoms with Crippen LogP contribution in [-0.2, 0) is 11.3 Å². The quantitative estimate of drug-likeness (QED) is 0.818. The van der Waals surface area contributed by atoms with Gasteiger partial charge in [0.15, 0.2) is 0 Å². The van der Waals surface area contributed by atoms with Crippen molar-refractivity contribution in [2.45, 2.75) is 20.4 Å². The lowest BCUT2D eigenvalue weighted by atomic mass is 10.1. The molecule has 0 radical (unpaired) electrons. The van der Waals surface area contributed by atoms with Crippen LogP contribution >= 0.6 is 0 Å². The molecular formula is C12H17N3O3. The maximum Gasteiger partial charge on any atom is 0.323 e. The highest BCUT2D eigenvalue weighted by atomic mass is 16.4. The number of hydrogen-bond acceptors (Lipinski definition) is 3. The van der Waals surface area contributed by atoms with Crippen molar-refractivity contribution in [2.75, 3.05) is 13.1 Å². The van der Waals surface area contributed by atoms with Crippen molar-refractivity contribution in [1.82, 2.24) is 15.2 Å². The van der Waals surface area contributed by atoms with Gasteiger partial charge in [0.25, 0.3) is 0 Å². The van der Waals surface area contributed by atoms with Gasteiger partial charge in [-0.05, 0) is 31.0 Å². The van der Waals surface area contributed by atoms with Gasteiger partial charge < -0.3 is 15.3 Å². The highest BCUT2D eigenvalue weighted by molar-refractivity contribution is 5.80. The number of nitrogens with zero attached hydrogens (tertiary/aromatic N) is 2. The second-order valence-electron chi connectivity index (χ2n) is 3.87. The summed E-state index contributed by atoms with van der Waals surface area (Å²) in [6.45, 7) is 4.07. The van der Waals surface area contributed by atoms with E-state index in [2.05, 4.69) is 10.3 Å². The Balaban J connectivity index is 2.54. The molecule has 6 heteroatoms. The van der Waals surface area contributed by atoms with E-state index in [1.807, 2.05) is 13.0 Å². The number of pyridine rings is 1. The minimum atomic E-state index is -1.02. The van der Waals surface area contributed by atoms with Gasteiger partial charge in [0.2, 0.25) is 0 Å². The fourth-order valence-electron chi connectivity index (χ4n) is 1.47. The maximum atomic E-state index is 11.7. The molecule has 0 spiro atoms. The Kier molecular flexibility index (Phi) is 5.10. The van der Waals surface area contributed by atoms with E-state index in [1.54, 1.807) is 19.3 Å². The van der Waals surface area contributed by atoms with Gasteiger partial charge in [-0.1, -0.05) is 0 Å². The highest BCUT2D eigenvalue weighted by Gasteiger charge is 2.14. The summed E-state index contributed by atoms with van der Waals surface area (Å²) in [5, 5.41) is 11.4. The Bertz CT molecular complexity index is 434. The molecule has 0 bridgehead atoms. The first-order valence-electron chi connectivity index (χ1n) is 5.68. The van der Waals surface area contributed by atoms with Gasteiger partial charge in [0.1, 0.15) is 6.54 Å². The van der Waals surface area contributed by atoms with Crippen LogP contribution in [-0.4, -0.2) is 40.1 Å². The van der Waals surface area contributed by atoms with Crippen LogP contribution in [0.4, 0.5) is 4.79 Å². The van der Waals surface area contributed by atoms with Crippen molar-refractivity contribution >= 4 is 12.0 Å². The van der Waals surface area contributed by atoms with E-state index < -0.39 is 5.97 Å². The van der Waals surface area contributed by atoms with E-state index in [1.165, 1.54) is 4.90 Å². The number of aliphatic carboxylic acids is 1. The lowest BCUT2D eigenvalue weighted by Gasteiger charge is -2.19. The van der Waals surface area contributed by atoms with E-state index in [-0.39, 0.29) is 12.6 Å². The molecule has 1 heterocycles. The molecule has 0 unspecified atom stereocenters. The number of aromatic nitrogens is 1. The minimum Gasteiger partial charge on any atom is -0.480 e. The summed E-state index contributed by atoms with van der Waals surface area (Å²) in [4.78, 5) is 27.5. The number of carbonyl (C=O) groups excluding carboxylic acids is 1. The molecule has 0 aliphatic carbocycles. The standard InChI is InChI=1S/C12H17N3O3/c1-3-15(8-11(16)17)12(18)14-7-10-4-5-13-6-9(10)2/h4-6H,3,7-8H2,1-2H3,(H,14,18)(H,16,17). The Hall–Kier alpha value is -2.11. The molecule has 0 saturated heterocycles. The van der Waals surface area contributed by atoms with E-state index in [0.29, 0.717) is 13.1 Å². The lowest BCUT2D eigenvalue weighted by Crippen LogP contribution is -2.42. The van der Waals surface area contributed by atoms with Gasteiger partial charge in [-0.2, -0.15) is 0 Å². The lowest BCUT2D eigenvalue weighted by molar-refractivity contribution is -0.137. The van der Waals surface area contributed by atoms with E-state index in [9.17, 15) is 9.59 Å². The number of nitrogens with one attached hydrogen (secondary N) is 1. The molecule has 18 heavy (non-hydrogen) atoms. The van der Waals surface area contributed by atoms with Gasteiger partial charge in [-0.3, -0.25) is 9.78 Å². The fourth-order valence-corrected chi connectivity index (χ4v) is 1.47. The predicted molar refractivity (Wildman–Crippen MR) is 66.1 cm³/mol. The molecule has 1 aromatic heterocycles. The molecule has 2 amide bonds. The number of likely N-dealkylation sites (N-methyl/N-ethyl adjacent to an activating group) is 1. The van der Waals surface area contributed by atoms with Crippen LogP contribution in [0, 0.1) is 6.92 Å². The highest BCUT2D eigenvalue weighted by Crippen LogP contribution is 2.04. The van der Waals surface area contributed by atoms with Gasteiger partial charge in [0, 0.05) is 25.5 Å². The average molecular weight is 251 g/mol. The van der Waals surface area contributed by atoms with Crippen molar-refractivity contribution in [1.29, 1.82) is 0 Å². The second kappa shape index (κ2) is 6.58. The van der Waals surface area contributed by atoms with Crippen LogP contribution in [0.2, 0.25) is 0 Å². The van der Waals surface area contributed by atoms with E-state index in [0.717, 1.165) is 11.1 Å². The molecule has 0 saturated carbocycles. The third-order valence-corrected chi connectivity index (χ3v) is 2.56. The number of hydrogen-bond donors (Lipinski definition) is 2. The maximum absolute atomic E-state index is 11.7. The third-order valence-electron chi connectivity index (χ3n) is 2.56. The van der Waals surface area contributed by atoms with Crippen molar-refractivity contribution in [3.05, 3.63) is 29.6 Å². The first-order chi connectivity index (χ1) is 8.54. The summed E-state index contributed by atoms with van der Waals surface area (Å²) in [5.74, 6) is -1.02. The first kappa shape index (κ1) is 14.0. The zero-order valence-corrected chi connectivity index (χ0v) is 10.5. The summed E-state index contributed by atoms with van der Waals surface area (Å²) < 4.78 is 0. The van der Waals surface area contributed by atoms with Crippen molar-refractivity contribution in [3.63, 3.8) is 0 Å². The smallest absolute Gasteiger partial charge is 0.323 e. The molecule has 1 rings (SSSR count). The van der Waals surface area contributed by atoms with Crippen LogP contribution in [0.3, 0.4) is 0 Å². The molecular weight excluding hydrogens is 234 g/mol. The summed E-state index contributed by atoms with van der Waals surface area (Å²) in [6.07, 6.45) is 3.37. The number of carboxylic acid groups (broad SMARTS) is 1. The zero-order chi connectivity index (χ0) is 13.5. The molecule has 2 N–H and O–H groups in total. The number of carbonyl (C=O) groups is 2. The predicted octanol–water partition coefficient (Wildman–Crippen LogP) is 1.01. The van der Waals surface area contributed by atoms with Crippen LogP contribution in [0.25, 0.3) is 0 Å². The second-order valence-corrected chi connectivity index (χ2v) is 3.87. The molecule has 0 fully saturated rings. The molecule has 0 atom stereocenters. The monoisotopic (exact) mass is 251 g/mol. The Morgan fingerprint density at radius 1 is 1.50 bits per heavy atom. The number of rotatable bonds is 5. The summed E-state index contributed by atoms with van der Waals surface area (Å²) in [7, 11) is 0. The molecule has 0 aromatic carbocycles. The number of urea groups is 1. The largest absolute Gasteiger partial charge is 0.480 e. The Morgan fingerprint density at radius 2 is 2.22 bits per heavy atom. The van der Waals surface area contributed by atoms with E-state index in [4.69, 9.17) is 5.11 Å². The van der Waals surface area contributed by atoms with Gasteiger partial charge in [-0.15, -0.1) is 0 Å². The SMILES string of the molecule is CCN(CC(=O)O)C(=O)NCc1ccncc1C. The summed E-state index contributed by atoms with van der Waals surface area (Å²) in [6, 6.07) is 1.44. The third kappa shape index (κ3) is 4.04. The van der Waals surface area contributed by atoms with Crippen LogP contribution in [0.1, 0.15) is 18.1 Å². The van der Waals surface area contributed by atoms with Crippen molar-refractivity contribution in [2.24, 2.45) is 0 Å². The van der Waals surface area contributed by atoms with Crippen molar-refractivity contribution in [3.8, 4) is 0 Å². The van der Waals surface area contributed by atoms with Crippen LogP contribution < -0.4 is 5.32 Å².